The zero-order valence-electron chi connectivity index (χ0n) is 14.1. The van der Waals surface area contributed by atoms with E-state index < -0.39 is 0 Å². The summed E-state index contributed by atoms with van der Waals surface area (Å²) in [6.45, 7) is 7.00. The molecule has 1 aliphatic rings. The number of ether oxygens (including phenoxy) is 1. The molecule has 1 saturated heterocycles. The third-order valence-corrected chi connectivity index (χ3v) is 4.43. The van der Waals surface area contributed by atoms with Gasteiger partial charge in [0.1, 0.15) is 17.2 Å². The van der Waals surface area contributed by atoms with E-state index in [0.29, 0.717) is 6.04 Å². The van der Waals surface area contributed by atoms with Crippen molar-refractivity contribution in [2.24, 2.45) is 0 Å². The minimum absolute atomic E-state index is 0.382. The fourth-order valence-electron chi connectivity index (χ4n) is 3.15. The smallest absolute Gasteiger partial charge is 0.133 e. The van der Waals surface area contributed by atoms with E-state index in [1.807, 2.05) is 6.92 Å². The van der Waals surface area contributed by atoms with Gasteiger partial charge in [0.15, 0.2) is 0 Å². The highest BCUT2D eigenvalue weighted by molar-refractivity contribution is 5.27. The molecule has 2 aromatic rings. The van der Waals surface area contributed by atoms with Crippen molar-refractivity contribution in [3.05, 3.63) is 47.3 Å². The monoisotopic (exact) mass is 314 g/mol. The van der Waals surface area contributed by atoms with E-state index in [1.165, 1.54) is 12.0 Å². The van der Waals surface area contributed by atoms with E-state index in [-0.39, 0.29) is 0 Å². The first kappa shape index (κ1) is 16.1. The number of aromatic nitrogens is 1. The van der Waals surface area contributed by atoms with Gasteiger partial charge in [0.25, 0.3) is 0 Å². The Morgan fingerprint density at radius 3 is 2.83 bits per heavy atom. The Hall–Kier alpha value is -1.81. The molecule has 124 valence electrons. The number of hydrogen-bond acceptors (Lipinski definition) is 4. The SMILES string of the molecule is CCCCOc1ccc(CN2CCC[C@@H]2c2cc(C)on2)cc1. The van der Waals surface area contributed by atoms with Crippen molar-refractivity contribution in [3.63, 3.8) is 0 Å². The number of hydrogen-bond donors (Lipinski definition) is 0. The van der Waals surface area contributed by atoms with Gasteiger partial charge in [-0.15, -0.1) is 0 Å². The predicted octanol–water partition coefficient (Wildman–Crippen LogP) is 4.50. The highest BCUT2D eigenvalue weighted by atomic mass is 16.5. The van der Waals surface area contributed by atoms with Gasteiger partial charge in [-0.3, -0.25) is 4.90 Å². The van der Waals surface area contributed by atoms with Crippen LogP contribution >= 0.6 is 0 Å². The molecular weight excluding hydrogens is 288 g/mol. The molecule has 23 heavy (non-hydrogen) atoms. The number of rotatable bonds is 7. The second kappa shape index (κ2) is 7.64. The van der Waals surface area contributed by atoms with E-state index in [0.717, 1.165) is 56.2 Å². The van der Waals surface area contributed by atoms with Crippen LogP contribution in [0.15, 0.2) is 34.9 Å². The van der Waals surface area contributed by atoms with Gasteiger partial charge in [0.2, 0.25) is 0 Å². The zero-order valence-corrected chi connectivity index (χ0v) is 14.1. The minimum atomic E-state index is 0.382. The minimum Gasteiger partial charge on any atom is -0.494 e. The Labute approximate surface area is 138 Å². The summed E-state index contributed by atoms with van der Waals surface area (Å²) in [7, 11) is 0. The van der Waals surface area contributed by atoms with E-state index in [9.17, 15) is 0 Å². The summed E-state index contributed by atoms with van der Waals surface area (Å²) in [6.07, 6.45) is 4.64. The third-order valence-electron chi connectivity index (χ3n) is 4.43. The molecule has 2 heterocycles. The summed E-state index contributed by atoms with van der Waals surface area (Å²) in [4.78, 5) is 2.49. The molecule has 0 N–H and O–H groups in total. The van der Waals surface area contributed by atoms with Gasteiger partial charge in [-0.25, -0.2) is 0 Å². The summed E-state index contributed by atoms with van der Waals surface area (Å²) in [5.74, 6) is 1.85. The van der Waals surface area contributed by atoms with E-state index in [2.05, 4.69) is 47.3 Å². The van der Waals surface area contributed by atoms with Crippen molar-refractivity contribution in [2.75, 3.05) is 13.2 Å². The lowest BCUT2D eigenvalue weighted by Crippen LogP contribution is -2.22. The van der Waals surface area contributed by atoms with Gasteiger partial charge in [-0.1, -0.05) is 30.6 Å². The van der Waals surface area contributed by atoms with Crippen LogP contribution < -0.4 is 4.74 Å². The summed E-state index contributed by atoms with van der Waals surface area (Å²) in [6, 6.07) is 10.9. The molecule has 0 unspecified atom stereocenters. The normalized spacial score (nSPS) is 18.4. The highest BCUT2D eigenvalue weighted by Crippen LogP contribution is 2.32. The van der Waals surface area contributed by atoms with Crippen molar-refractivity contribution in [1.29, 1.82) is 0 Å². The van der Waals surface area contributed by atoms with E-state index >= 15 is 0 Å². The quantitative estimate of drug-likeness (QED) is 0.705. The van der Waals surface area contributed by atoms with Crippen molar-refractivity contribution in [3.8, 4) is 5.75 Å². The molecule has 0 aliphatic carbocycles. The van der Waals surface area contributed by atoms with Crippen LogP contribution in [0.2, 0.25) is 0 Å². The molecule has 1 aromatic heterocycles. The molecule has 3 rings (SSSR count). The molecule has 1 fully saturated rings. The van der Waals surface area contributed by atoms with Gasteiger partial charge in [-0.2, -0.15) is 0 Å². The highest BCUT2D eigenvalue weighted by Gasteiger charge is 2.28. The second-order valence-electron chi connectivity index (χ2n) is 6.34. The summed E-state index contributed by atoms with van der Waals surface area (Å²) in [5.41, 5.74) is 2.39. The van der Waals surface area contributed by atoms with Crippen molar-refractivity contribution in [2.45, 2.75) is 52.1 Å². The van der Waals surface area contributed by atoms with Crippen LogP contribution in [-0.2, 0) is 6.54 Å². The lowest BCUT2D eigenvalue weighted by Gasteiger charge is -2.22. The molecule has 1 aliphatic heterocycles. The fourth-order valence-corrected chi connectivity index (χ4v) is 3.15. The van der Waals surface area contributed by atoms with Crippen LogP contribution in [-0.4, -0.2) is 23.2 Å². The average Bonchev–Trinajstić information content (AvgIpc) is 3.18. The maximum Gasteiger partial charge on any atom is 0.133 e. The van der Waals surface area contributed by atoms with Crippen molar-refractivity contribution in [1.82, 2.24) is 10.1 Å². The lowest BCUT2D eigenvalue weighted by atomic mass is 10.1. The Morgan fingerprint density at radius 2 is 2.13 bits per heavy atom. The lowest BCUT2D eigenvalue weighted by molar-refractivity contribution is 0.236. The first-order valence-corrected chi connectivity index (χ1v) is 8.65. The first-order valence-electron chi connectivity index (χ1n) is 8.65. The maximum atomic E-state index is 5.73. The Kier molecular flexibility index (Phi) is 5.34. The molecule has 0 bridgehead atoms. The molecule has 0 saturated carbocycles. The van der Waals surface area contributed by atoms with E-state index in [4.69, 9.17) is 9.26 Å². The molecular formula is C19H26N2O2. The fraction of sp³-hybridized carbons (Fsp3) is 0.526. The van der Waals surface area contributed by atoms with Crippen LogP contribution in [0.5, 0.6) is 5.75 Å². The molecule has 0 amide bonds. The van der Waals surface area contributed by atoms with Crippen LogP contribution in [0.3, 0.4) is 0 Å². The topological polar surface area (TPSA) is 38.5 Å². The average molecular weight is 314 g/mol. The summed E-state index contributed by atoms with van der Waals surface area (Å²) in [5, 5.41) is 4.21. The number of benzene rings is 1. The molecule has 0 radical (unpaired) electrons. The maximum absolute atomic E-state index is 5.73. The van der Waals surface area contributed by atoms with Crippen LogP contribution in [0.1, 0.15) is 55.7 Å². The number of unbranched alkanes of at least 4 members (excludes halogenated alkanes) is 1. The third kappa shape index (κ3) is 4.14. The van der Waals surface area contributed by atoms with E-state index in [1.54, 1.807) is 0 Å². The number of likely N-dealkylation sites (tertiary alicyclic amines) is 1. The van der Waals surface area contributed by atoms with Crippen LogP contribution in [0, 0.1) is 6.92 Å². The second-order valence-corrected chi connectivity index (χ2v) is 6.34. The van der Waals surface area contributed by atoms with Crippen LogP contribution in [0.25, 0.3) is 0 Å². The molecule has 4 heteroatoms. The molecule has 0 spiro atoms. The molecule has 1 atom stereocenters. The van der Waals surface area contributed by atoms with Gasteiger partial charge < -0.3 is 9.26 Å². The summed E-state index contributed by atoms with van der Waals surface area (Å²) >= 11 is 0. The Balaban J connectivity index is 1.59. The van der Waals surface area contributed by atoms with Gasteiger partial charge in [0.05, 0.1) is 12.6 Å². The predicted molar refractivity (Wildman–Crippen MR) is 90.5 cm³/mol. The first-order chi connectivity index (χ1) is 11.3. The zero-order chi connectivity index (χ0) is 16.1. The number of aryl methyl sites for hydroxylation is 1. The van der Waals surface area contributed by atoms with Gasteiger partial charge in [0, 0.05) is 12.6 Å². The number of nitrogens with zero attached hydrogens (tertiary/aromatic N) is 2. The molecule has 1 aromatic carbocycles. The van der Waals surface area contributed by atoms with Gasteiger partial charge in [-0.05, 0) is 50.4 Å². The van der Waals surface area contributed by atoms with Crippen molar-refractivity contribution < 1.29 is 9.26 Å². The molecule has 4 nitrogen and oxygen atoms in total. The standard InChI is InChI=1S/C19H26N2O2/c1-3-4-12-22-17-9-7-16(8-10-17)14-21-11-5-6-19(21)18-13-15(2)23-20-18/h7-10,13,19H,3-6,11-12,14H2,1-2H3/t19-/m1/s1. The Bertz CT molecular complexity index is 606. The van der Waals surface area contributed by atoms with Crippen LogP contribution in [0.4, 0.5) is 0 Å². The summed E-state index contributed by atoms with van der Waals surface area (Å²) < 4.78 is 11.0. The van der Waals surface area contributed by atoms with Gasteiger partial charge >= 0.3 is 0 Å². The largest absolute Gasteiger partial charge is 0.494 e. The van der Waals surface area contributed by atoms with Crippen molar-refractivity contribution >= 4 is 0 Å². The Morgan fingerprint density at radius 1 is 1.30 bits per heavy atom.